The van der Waals surface area contributed by atoms with Crippen LogP contribution in [0.4, 0.5) is 0 Å². The molecule has 6 heteroatoms. The molecule has 0 bridgehead atoms. The first-order valence-electron chi connectivity index (χ1n) is 7.03. The summed E-state index contributed by atoms with van der Waals surface area (Å²) in [5, 5.41) is 1.78. The van der Waals surface area contributed by atoms with E-state index >= 15 is 0 Å². The Morgan fingerprint density at radius 1 is 1.30 bits per heavy atom. The summed E-state index contributed by atoms with van der Waals surface area (Å²) in [5.74, 6) is 0.369. The van der Waals surface area contributed by atoms with Crippen molar-refractivity contribution < 1.29 is 14.4 Å². The predicted molar refractivity (Wildman–Crippen MR) is 91.4 cm³/mol. The van der Waals surface area contributed by atoms with E-state index in [0.29, 0.717) is 17.2 Å². The molecule has 1 unspecified atom stereocenters. The van der Waals surface area contributed by atoms with Crippen LogP contribution in [0.1, 0.15) is 11.1 Å². The molecule has 4 nitrogen and oxygen atoms in total. The number of amides is 1. The van der Waals surface area contributed by atoms with Gasteiger partial charge in [-0.1, -0.05) is 41.9 Å². The van der Waals surface area contributed by atoms with Crippen molar-refractivity contribution in [3.05, 3.63) is 63.1 Å². The van der Waals surface area contributed by atoms with Gasteiger partial charge in [0.2, 0.25) is 5.60 Å². The average molecular weight is 397 g/mol. The molecule has 0 aliphatic carbocycles. The summed E-state index contributed by atoms with van der Waals surface area (Å²) in [6.45, 7) is 0. The molecule has 0 N–H and O–H groups in total. The van der Waals surface area contributed by atoms with Crippen LogP contribution in [-0.2, 0) is 21.7 Å². The first kappa shape index (κ1) is 16.3. The van der Waals surface area contributed by atoms with E-state index in [1.165, 1.54) is 12.2 Å². The smallest absolute Gasteiger partial charge is 0.295 e. The van der Waals surface area contributed by atoms with Gasteiger partial charge < -0.3 is 4.74 Å². The van der Waals surface area contributed by atoms with Crippen molar-refractivity contribution in [3.63, 3.8) is 0 Å². The van der Waals surface area contributed by atoms with Gasteiger partial charge in [-0.2, -0.15) is 0 Å². The fraction of sp³-hybridized carbons (Fsp3) is 0.235. The molecule has 1 aliphatic rings. The minimum atomic E-state index is -1.17. The first-order chi connectivity index (χ1) is 11.0. The van der Waals surface area contributed by atoms with E-state index in [2.05, 4.69) is 15.9 Å². The second-order valence-electron chi connectivity index (χ2n) is 5.30. The van der Waals surface area contributed by atoms with Crippen LogP contribution in [-0.4, -0.2) is 25.1 Å². The molecule has 2 aromatic carbocycles. The summed E-state index contributed by atoms with van der Waals surface area (Å²) < 4.78 is 6.89. The molecule has 1 aliphatic heterocycles. The lowest BCUT2D eigenvalue weighted by Crippen LogP contribution is -2.48. The maximum atomic E-state index is 13.0. The lowest BCUT2D eigenvalue weighted by molar-refractivity contribution is -0.185. The number of benzene rings is 2. The van der Waals surface area contributed by atoms with Gasteiger partial charge in [-0.15, -0.1) is 0 Å². The van der Waals surface area contributed by atoms with Crippen LogP contribution >= 0.6 is 27.5 Å². The number of halogens is 2. The zero-order chi connectivity index (χ0) is 16.6. The molecule has 0 radical (unpaired) electrons. The number of likely N-dealkylation sites (N-methyl/N-ethyl adjacent to an activating group) is 1. The maximum absolute atomic E-state index is 13.0. The van der Waals surface area contributed by atoms with Crippen LogP contribution in [0.3, 0.4) is 0 Å². The number of hydrogen-bond donors (Lipinski definition) is 0. The van der Waals surface area contributed by atoms with Crippen molar-refractivity contribution in [2.75, 3.05) is 14.2 Å². The maximum Gasteiger partial charge on any atom is 0.295 e. The highest BCUT2D eigenvalue weighted by atomic mass is 79.9. The zero-order valence-corrected chi connectivity index (χ0v) is 15.0. The summed E-state index contributed by atoms with van der Waals surface area (Å²) in [5.41, 5.74) is 0.481. The van der Waals surface area contributed by atoms with Gasteiger partial charge in [0.25, 0.3) is 5.91 Å². The number of fused-ring (bicyclic) bond motifs is 1. The Morgan fingerprint density at radius 2 is 2.00 bits per heavy atom. The molecular formula is C17H15BrClNO3. The van der Waals surface area contributed by atoms with Crippen LogP contribution < -0.4 is 4.74 Å². The van der Waals surface area contributed by atoms with Gasteiger partial charge in [0.15, 0.2) is 0 Å². The molecule has 3 rings (SSSR count). The van der Waals surface area contributed by atoms with Gasteiger partial charge in [-0.3, -0.25) is 9.63 Å². The quantitative estimate of drug-likeness (QED) is 0.737. The van der Waals surface area contributed by atoms with E-state index in [0.717, 1.165) is 15.6 Å². The van der Waals surface area contributed by atoms with Crippen molar-refractivity contribution in [2.24, 2.45) is 0 Å². The van der Waals surface area contributed by atoms with Gasteiger partial charge >= 0.3 is 0 Å². The van der Waals surface area contributed by atoms with E-state index in [-0.39, 0.29) is 5.91 Å². The van der Waals surface area contributed by atoms with E-state index in [9.17, 15) is 4.79 Å². The Bertz CT molecular complexity index is 753. The van der Waals surface area contributed by atoms with Gasteiger partial charge in [0.05, 0.1) is 12.1 Å². The number of rotatable bonds is 3. The summed E-state index contributed by atoms with van der Waals surface area (Å²) in [6, 6.07) is 12.9. The van der Waals surface area contributed by atoms with E-state index in [1.54, 1.807) is 19.2 Å². The predicted octanol–water partition coefficient (Wildman–Crippen LogP) is 3.95. The number of carbonyl (C=O) groups excluding carboxylic acids is 1. The molecule has 1 amide bonds. The summed E-state index contributed by atoms with van der Waals surface area (Å²) in [7, 11) is 3.02. The molecule has 2 aromatic rings. The summed E-state index contributed by atoms with van der Waals surface area (Å²) >= 11 is 9.67. The third-order valence-electron chi connectivity index (χ3n) is 4.01. The van der Waals surface area contributed by atoms with Gasteiger partial charge in [0, 0.05) is 29.1 Å². The van der Waals surface area contributed by atoms with Crippen LogP contribution in [0.25, 0.3) is 0 Å². The summed E-state index contributed by atoms with van der Waals surface area (Å²) in [6.07, 6.45) is 0.375. The van der Waals surface area contributed by atoms with Crippen LogP contribution in [0.5, 0.6) is 5.75 Å². The molecule has 0 spiro atoms. The Balaban J connectivity index is 2.14. The molecule has 0 aromatic heterocycles. The Morgan fingerprint density at radius 3 is 2.65 bits per heavy atom. The number of hydroxylamine groups is 2. The Hall–Kier alpha value is -1.56. The fourth-order valence-corrected chi connectivity index (χ4v) is 3.40. The van der Waals surface area contributed by atoms with Crippen LogP contribution in [0, 0.1) is 0 Å². The number of ether oxygens (including phenoxy) is 1. The van der Waals surface area contributed by atoms with Gasteiger partial charge in [-0.25, -0.2) is 5.06 Å². The molecule has 0 saturated heterocycles. The minimum Gasteiger partial charge on any atom is -0.472 e. The van der Waals surface area contributed by atoms with E-state index in [1.807, 2.05) is 30.3 Å². The van der Waals surface area contributed by atoms with Gasteiger partial charge in [-0.05, 0) is 28.1 Å². The number of nitrogens with zero attached hydrogens (tertiary/aromatic N) is 1. The molecule has 120 valence electrons. The standard InChI is InChI=1S/C17H15BrClNO3/c1-20(22-2)16(21)17(11-6-4-3-5-7-11)10-12-14(23-17)9-8-13(19)15(12)18/h3-9H,10H2,1-2H3. The SMILES string of the molecule is CON(C)C(=O)C1(c2ccccc2)Cc2c(ccc(Cl)c2Br)O1. The topological polar surface area (TPSA) is 38.8 Å². The van der Waals surface area contributed by atoms with Crippen LogP contribution in [0.2, 0.25) is 5.02 Å². The number of carbonyl (C=O) groups is 1. The van der Waals surface area contributed by atoms with E-state index in [4.69, 9.17) is 21.2 Å². The van der Waals surface area contributed by atoms with Gasteiger partial charge in [0.1, 0.15) is 5.75 Å². The third kappa shape index (κ3) is 2.63. The second kappa shape index (κ2) is 6.15. The molecule has 1 heterocycles. The molecule has 0 saturated carbocycles. The van der Waals surface area contributed by atoms with Crippen molar-refractivity contribution in [3.8, 4) is 5.75 Å². The lowest BCUT2D eigenvalue weighted by Gasteiger charge is -2.31. The van der Waals surface area contributed by atoms with Crippen molar-refractivity contribution in [1.82, 2.24) is 5.06 Å². The molecule has 0 fully saturated rings. The van der Waals surface area contributed by atoms with Crippen LogP contribution in [0.15, 0.2) is 46.9 Å². The summed E-state index contributed by atoms with van der Waals surface area (Å²) in [4.78, 5) is 18.1. The Labute approximate surface area is 148 Å². The van der Waals surface area contributed by atoms with Crippen molar-refractivity contribution in [2.45, 2.75) is 12.0 Å². The fourth-order valence-electron chi connectivity index (χ4n) is 2.76. The number of hydrogen-bond acceptors (Lipinski definition) is 3. The van der Waals surface area contributed by atoms with Crippen molar-refractivity contribution >= 4 is 33.4 Å². The molecule has 1 atom stereocenters. The lowest BCUT2D eigenvalue weighted by atomic mass is 9.88. The minimum absolute atomic E-state index is 0.273. The van der Waals surface area contributed by atoms with E-state index < -0.39 is 5.60 Å². The molecule has 23 heavy (non-hydrogen) atoms. The zero-order valence-electron chi connectivity index (χ0n) is 12.7. The monoisotopic (exact) mass is 395 g/mol. The normalized spacial score (nSPS) is 19.1. The first-order valence-corrected chi connectivity index (χ1v) is 8.20. The van der Waals surface area contributed by atoms with Crippen molar-refractivity contribution in [1.29, 1.82) is 0 Å². The Kier molecular flexibility index (Phi) is 4.36. The average Bonchev–Trinajstić information content (AvgIpc) is 2.99. The largest absolute Gasteiger partial charge is 0.472 e. The second-order valence-corrected chi connectivity index (χ2v) is 6.50. The molecular weight excluding hydrogens is 382 g/mol. The third-order valence-corrected chi connectivity index (χ3v) is 5.46. The highest BCUT2D eigenvalue weighted by Crippen LogP contribution is 2.47. The highest BCUT2D eigenvalue weighted by Gasteiger charge is 2.50. The highest BCUT2D eigenvalue weighted by molar-refractivity contribution is 9.10.